The summed E-state index contributed by atoms with van der Waals surface area (Å²) in [7, 11) is 0. The van der Waals surface area contributed by atoms with E-state index < -0.39 is 0 Å². The van der Waals surface area contributed by atoms with Gasteiger partial charge in [-0.25, -0.2) is 4.98 Å². The van der Waals surface area contributed by atoms with Crippen molar-refractivity contribution in [2.24, 2.45) is 5.73 Å². The van der Waals surface area contributed by atoms with Gasteiger partial charge in [-0.15, -0.1) is 0 Å². The van der Waals surface area contributed by atoms with Crippen LogP contribution in [0, 0.1) is 5.41 Å². The fraction of sp³-hybridized carbons (Fsp3) is 0.382. The number of aryl methyl sites for hydroxylation is 3. The number of amides is 1. The van der Waals surface area contributed by atoms with Crippen LogP contribution >= 0.6 is 0 Å². The molecule has 0 bridgehead atoms. The highest BCUT2D eigenvalue weighted by molar-refractivity contribution is 5.97. The van der Waals surface area contributed by atoms with Crippen molar-refractivity contribution in [1.82, 2.24) is 19.4 Å². The zero-order valence-electron chi connectivity index (χ0n) is 24.6. The lowest BCUT2D eigenvalue weighted by Crippen LogP contribution is -2.49. The monoisotopic (exact) mass is 566 g/mol. The van der Waals surface area contributed by atoms with Gasteiger partial charge in [0.15, 0.2) is 0 Å². The smallest absolute Gasteiger partial charge is 0.254 e. The Morgan fingerprint density at radius 2 is 1.60 bits per heavy atom. The van der Waals surface area contributed by atoms with Crippen molar-refractivity contribution in [3.05, 3.63) is 101 Å². The molecule has 1 aromatic heterocycles. The molecule has 0 unspecified atom stereocenters. The van der Waals surface area contributed by atoms with Crippen molar-refractivity contribution < 1.29 is 9.53 Å². The minimum atomic E-state index is 0.0768. The van der Waals surface area contributed by atoms with Crippen LogP contribution in [0.1, 0.15) is 46.2 Å². The second-order valence-electron chi connectivity index (χ2n) is 10.9. The molecular formula is C34H42N6O2. The summed E-state index contributed by atoms with van der Waals surface area (Å²) in [6, 6.07) is 24.4. The number of carbonyl (C=O) groups excluding carboxylic acids is 1. The maximum atomic E-state index is 13.5. The van der Waals surface area contributed by atoms with Gasteiger partial charge in [0.1, 0.15) is 11.7 Å². The molecule has 0 spiro atoms. The normalized spacial score (nSPS) is 14.0. The molecule has 3 N–H and O–H groups in total. The number of nitrogens with one attached hydrogen (secondary N) is 1. The molecule has 1 fully saturated rings. The van der Waals surface area contributed by atoms with E-state index in [1.54, 1.807) is 0 Å². The molecule has 0 aliphatic carbocycles. The maximum Gasteiger partial charge on any atom is 0.254 e. The first-order chi connectivity index (χ1) is 20.5. The molecule has 0 atom stereocenters. The molecule has 4 aromatic rings. The number of amidine groups is 1. The molecular weight excluding hydrogens is 524 g/mol. The van der Waals surface area contributed by atoms with Gasteiger partial charge in [-0.2, -0.15) is 0 Å². The van der Waals surface area contributed by atoms with Gasteiger partial charge in [0, 0.05) is 70.0 Å². The third-order valence-electron chi connectivity index (χ3n) is 8.07. The molecule has 3 aromatic carbocycles. The average molecular weight is 567 g/mol. The van der Waals surface area contributed by atoms with Crippen molar-refractivity contribution in [1.29, 1.82) is 5.41 Å². The van der Waals surface area contributed by atoms with Crippen molar-refractivity contribution in [3.8, 4) is 0 Å². The lowest BCUT2D eigenvalue weighted by molar-refractivity contribution is 0.0638. The maximum absolute atomic E-state index is 13.5. The Morgan fingerprint density at radius 1 is 0.881 bits per heavy atom. The Morgan fingerprint density at radius 3 is 2.31 bits per heavy atom. The number of imidazole rings is 1. The molecule has 1 amide bonds. The molecule has 42 heavy (non-hydrogen) atoms. The number of nitrogen functional groups attached to an aromatic ring is 1. The number of piperazine rings is 1. The number of ether oxygens (including phenoxy) is 1. The van der Waals surface area contributed by atoms with Gasteiger partial charge in [0.25, 0.3) is 5.91 Å². The number of hydrogen-bond acceptors (Lipinski definition) is 5. The van der Waals surface area contributed by atoms with Gasteiger partial charge < -0.3 is 19.9 Å². The Bertz CT molecular complexity index is 1470. The summed E-state index contributed by atoms with van der Waals surface area (Å²) in [6.07, 6.45) is 3.53. The largest absolute Gasteiger partial charge is 0.384 e. The molecule has 1 aliphatic heterocycles. The first kappa shape index (κ1) is 29.5. The summed E-state index contributed by atoms with van der Waals surface area (Å²) >= 11 is 0. The Hall–Kier alpha value is -4.01. The number of nitrogens with two attached hydrogens (primary N) is 1. The van der Waals surface area contributed by atoms with E-state index in [2.05, 4.69) is 45.9 Å². The summed E-state index contributed by atoms with van der Waals surface area (Å²) in [5.41, 5.74) is 11.5. The predicted octanol–water partition coefficient (Wildman–Crippen LogP) is 4.53. The van der Waals surface area contributed by atoms with E-state index in [0.717, 1.165) is 87.4 Å². The summed E-state index contributed by atoms with van der Waals surface area (Å²) in [5.74, 6) is 1.17. The van der Waals surface area contributed by atoms with Crippen LogP contribution in [-0.4, -0.2) is 77.0 Å². The van der Waals surface area contributed by atoms with Crippen LogP contribution < -0.4 is 5.73 Å². The molecule has 2 heterocycles. The SMILES string of the molecule is CCOCCCn1c(CCc2ccc(C(=N)N)cc2)nc2cc(C(=O)N3CCN(CCc4ccccc4)CC3)ccc21. The van der Waals surface area contributed by atoms with Crippen molar-refractivity contribution >= 4 is 22.8 Å². The van der Waals surface area contributed by atoms with Crippen LogP contribution in [0.5, 0.6) is 0 Å². The van der Waals surface area contributed by atoms with Crippen LogP contribution in [0.2, 0.25) is 0 Å². The Kier molecular flexibility index (Phi) is 10.0. The highest BCUT2D eigenvalue weighted by Crippen LogP contribution is 2.22. The highest BCUT2D eigenvalue weighted by Gasteiger charge is 2.23. The first-order valence-electron chi connectivity index (χ1n) is 15.1. The summed E-state index contributed by atoms with van der Waals surface area (Å²) in [5, 5.41) is 7.62. The second kappa shape index (κ2) is 14.2. The first-order valence-corrected chi connectivity index (χ1v) is 15.1. The van der Waals surface area contributed by atoms with E-state index in [4.69, 9.17) is 20.9 Å². The Labute approximate surface area is 248 Å². The third-order valence-corrected chi connectivity index (χ3v) is 8.07. The number of aromatic nitrogens is 2. The molecule has 0 radical (unpaired) electrons. The number of benzene rings is 3. The van der Waals surface area contributed by atoms with Gasteiger partial charge in [-0.1, -0.05) is 54.6 Å². The van der Waals surface area contributed by atoms with E-state index >= 15 is 0 Å². The van der Waals surface area contributed by atoms with Gasteiger partial charge in [0.05, 0.1) is 11.0 Å². The lowest BCUT2D eigenvalue weighted by atomic mass is 10.1. The fourth-order valence-corrected chi connectivity index (χ4v) is 5.62. The fourth-order valence-electron chi connectivity index (χ4n) is 5.62. The highest BCUT2D eigenvalue weighted by atomic mass is 16.5. The van der Waals surface area contributed by atoms with Crippen LogP contribution in [0.25, 0.3) is 11.0 Å². The standard InChI is InChI=1S/C34H42N6O2/c1-2-42-24-6-18-40-31-15-14-29(25-30(31)37-32(40)16-11-27-9-12-28(13-10-27)33(35)36)34(41)39-22-20-38(21-23-39)19-17-26-7-4-3-5-8-26/h3-5,7-10,12-15,25H,2,6,11,16-24H2,1H3,(H3,35,36). The molecule has 5 rings (SSSR count). The van der Waals surface area contributed by atoms with E-state index in [1.807, 2.05) is 48.2 Å². The summed E-state index contributed by atoms with van der Waals surface area (Å²) in [4.78, 5) is 22.9. The van der Waals surface area contributed by atoms with Gasteiger partial charge in [-0.3, -0.25) is 15.1 Å². The minimum absolute atomic E-state index is 0.0768. The van der Waals surface area contributed by atoms with Crippen LogP contribution in [-0.2, 0) is 30.5 Å². The van der Waals surface area contributed by atoms with Crippen molar-refractivity contribution in [3.63, 3.8) is 0 Å². The average Bonchev–Trinajstić information content (AvgIpc) is 3.38. The quantitative estimate of drug-likeness (QED) is 0.141. The molecule has 8 nitrogen and oxygen atoms in total. The zero-order chi connectivity index (χ0) is 29.3. The van der Waals surface area contributed by atoms with Gasteiger partial charge >= 0.3 is 0 Å². The minimum Gasteiger partial charge on any atom is -0.384 e. The van der Waals surface area contributed by atoms with Crippen LogP contribution in [0.3, 0.4) is 0 Å². The van der Waals surface area contributed by atoms with E-state index in [-0.39, 0.29) is 11.7 Å². The summed E-state index contributed by atoms with van der Waals surface area (Å²) in [6.45, 7) is 8.53. The molecule has 220 valence electrons. The topological polar surface area (TPSA) is 100 Å². The number of fused-ring (bicyclic) bond motifs is 1. The van der Waals surface area contributed by atoms with Crippen molar-refractivity contribution in [2.45, 2.75) is 39.2 Å². The van der Waals surface area contributed by atoms with Crippen molar-refractivity contribution in [2.75, 3.05) is 45.9 Å². The molecule has 8 heteroatoms. The van der Waals surface area contributed by atoms with E-state index in [9.17, 15) is 4.79 Å². The van der Waals surface area contributed by atoms with Gasteiger partial charge in [-0.05, 0) is 55.5 Å². The third kappa shape index (κ3) is 7.43. The molecule has 1 saturated heterocycles. The van der Waals surface area contributed by atoms with Crippen LogP contribution in [0.4, 0.5) is 0 Å². The van der Waals surface area contributed by atoms with E-state index in [1.165, 1.54) is 11.1 Å². The number of rotatable bonds is 13. The number of hydrogen-bond donors (Lipinski definition) is 2. The van der Waals surface area contributed by atoms with Crippen LogP contribution in [0.15, 0.2) is 72.8 Å². The summed E-state index contributed by atoms with van der Waals surface area (Å²) < 4.78 is 7.87. The zero-order valence-corrected chi connectivity index (χ0v) is 24.6. The predicted molar refractivity (Wildman–Crippen MR) is 168 cm³/mol. The van der Waals surface area contributed by atoms with E-state index in [0.29, 0.717) is 18.8 Å². The molecule has 1 aliphatic rings. The second-order valence-corrected chi connectivity index (χ2v) is 10.9. The number of carbonyl (C=O) groups is 1. The Balaban J connectivity index is 1.25. The number of nitrogens with zero attached hydrogens (tertiary/aromatic N) is 4. The molecule has 0 saturated carbocycles. The van der Waals surface area contributed by atoms with Gasteiger partial charge in [0.2, 0.25) is 0 Å². The lowest BCUT2D eigenvalue weighted by Gasteiger charge is -2.34.